The minimum atomic E-state index is -0.281. The van der Waals surface area contributed by atoms with Gasteiger partial charge in [-0.25, -0.2) is 4.39 Å². The van der Waals surface area contributed by atoms with Gasteiger partial charge in [0.2, 0.25) is 11.8 Å². The van der Waals surface area contributed by atoms with Crippen LogP contribution in [-0.2, 0) is 16.0 Å². The molecule has 178 valence electrons. The Hall–Kier alpha value is -2.21. The highest BCUT2D eigenvalue weighted by Crippen LogP contribution is 2.38. The van der Waals surface area contributed by atoms with Gasteiger partial charge in [-0.1, -0.05) is 51.2 Å². The molecule has 4 nitrogen and oxygen atoms in total. The summed E-state index contributed by atoms with van der Waals surface area (Å²) < 4.78 is 13.6. The molecular weight excluding hydrogens is 435 g/mol. The molecule has 0 spiro atoms. The second-order valence-corrected chi connectivity index (χ2v) is 10.4. The van der Waals surface area contributed by atoms with Crippen LogP contribution in [0.3, 0.4) is 0 Å². The number of carbonyl (C=O) groups excluding carboxylic acids is 2. The zero-order valence-electron chi connectivity index (χ0n) is 19.6. The predicted octanol–water partition coefficient (Wildman–Crippen LogP) is 5.96. The molecule has 1 aromatic heterocycles. The molecule has 1 unspecified atom stereocenters. The lowest BCUT2D eigenvalue weighted by atomic mass is 9.93. The minimum absolute atomic E-state index is 0.0218. The normalized spacial score (nSPS) is 18.4. The van der Waals surface area contributed by atoms with E-state index < -0.39 is 0 Å². The Kier molecular flexibility index (Phi) is 8.18. The van der Waals surface area contributed by atoms with E-state index in [1.807, 2.05) is 4.90 Å². The Bertz CT molecular complexity index is 936. The first-order valence-electron chi connectivity index (χ1n) is 12.5. The minimum Gasteiger partial charge on any atom is -0.333 e. The molecule has 0 N–H and O–H groups in total. The van der Waals surface area contributed by atoms with Gasteiger partial charge < -0.3 is 9.80 Å². The molecule has 2 aliphatic rings. The maximum absolute atomic E-state index is 13.6. The molecule has 0 bridgehead atoms. The maximum Gasteiger partial charge on any atom is 0.242 e. The van der Waals surface area contributed by atoms with Crippen LogP contribution in [0.5, 0.6) is 0 Å². The smallest absolute Gasteiger partial charge is 0.242 e. The standard InChI is InChI=1S/C27H35FN2O2S/c1-2-3-16-29(25(31)13-8-20-6-4-5-7-20)19-26(32)30-17-14-24-23(15-18-33-24)27(30)21-9-11-22(28)12-10-21/h9-12,15,18,20,27H,2-8,13-14,16-17,19H2,1H3. The maximum atomic E-state index is 13.6. The third-order valence-electron chi connectivity index (χ3n) is 7.17. The average molecular weight is 471 g/mol. The van der Waals surface area contributed by atoms with E-state index in [0.29, 0.717) is 25.4 Å². The van der Waals surface area contributed by atoms with Crippen molar-refractivity contribution in [2.24, 2.45) is 5.92 Å². The summed E-state index contributed by atoms with van der Waals surface area (Å²) in [7, 11) is 0. The van der Waals surface area contributed by atoms with Gasteiger partial charge in [0, 0.05) is 24.4 Å². The molecule has 1 fully saturated rings. The van der Waals surface area contributed by atoms with Gasteiger partial charge in [0.1, 0.15) is 5.82 Å². The second-order valence-electron chi connectivity index (χ2n) is 9.45. The third kappa shape index (κ3) is 5.84. The fourth-order valence-electron chi connectivity index (χ4n) is 5.27. The third-order valence-corrected chi connectivity index (χ3v) is 8.17. The highest BCUT2D eigenvalue weighted by molar-refractivity contribution is 7.10. The lowest BCUT2D eigenvalue weighted by molar-refractivity contribution is -0.142. The topological polar surface area (TPSA) is 40.6 Å². The van der Waals surface area contributed by atoms with Crippen molar-refractivity contribution in [3.05, 3.63) is 57.5 Å². The van der Waals surface area contributed by atoms with Crippen molar-refractivity contribution < 1.29 is 14.0 Å². The number of amides is 2. The Morgan fingerprint density at radius 1 is 1.15 bits per heavy atom. The zero-order chi connectivity index (χ0) is 23.2. The summed E-state index contributed by atoms with van der Waals surface area (Å²) in [6.45, 7) is 3.48. The van der Waals surface area contributed by atoms with E-state index in [4.69, 9.17) is 0 Å². The van der Waals surface area contributed by atoms with Crippen molar-refractivity contribution >= 4 is 23.2 Å². The van der Waals surface area contributed by atoms with Crippen LogP contribution in [0.4, 0.5) is 4.39 Å². The molecule has 2 amide bonds. The monoisotopic (exact) mass is 470 g/mol. The number of rotatable bonds is 9. The first-order valence-corrected chi connectivity index (χ1v) is 13.3. The van der Waals surface area contributed by atoms with Crippen LogP contribution in [0.15, 0.2) is 35.7 Å². The molecule has 6 heteroatoms. The van der Waals surface area contributed by atoms with Gasteiger partial charge in [-0.05, 0) is 59.9 Å². The number of carbonyl (C=O) groups is 2. The van der Waals surface area contributed by atoms with E-state index in [1.54, 1.807) is 28.4 Å². The van der Waals surface area contributed by atoms with E-state index in [0.717, 1.165) is 36.8 Å². The number of nitrogens with zero attached hydrogens (tertiary/aromatic N) is 2. The van der Waals surface area contributed by atoms with Crippen LogP contribution in [0, 0.1) is 11.7 Å². The number of fused-ring (bicyclic) bond motifs is 1. The molecule has 0 saturated heterocycles. The first kappa shape index (κ1) is 23.9. The van der Waals surface area contributed by atoms with Crippen LogP contribution < -0.4 is 0 Å². The summed E-state index contributed by atoms with van der Waals surface area (Å²) >= 11 is 1.71. The van der Waals surface area contributed by atoms with Crippen molar-refractivity contribution in [1.29, 1.82) is 0 Å². The largest absolute Gasteiger partial charge is 0.333 e. The number of halogens is 1. The van der Waals surface area contributed by atoms with E-state index in [2.05, 4.69) is 18.4 Å². The SMILES string of the molecule is CCCCN(CC(=O)N1CCc2sccc2C1c1ccc(F)cc1)C(=O)CCC1CCCC1. The van der Waals surface area contributed by atoms with Gasteiger partial charge in [0.25, 0.3) is 0 Å². The van der Waals surface area contributed by atoms with Crippen LogP contribution in [-0.4, -0.2) is 41.2 Å². The van der Waals surface area contributed by atoms with Gasteiger partial charge in [0.15, 0.2) is 0 Å². The molecule has 2 heterocycles. The average Bonchev–Trinajstić information content (AvgIpc) is 3.52. The van der Waals surface area contributed by atoms with Gasteiger partial charge in [-0.15, -0.1) is 11.3 Å². The summed E-state index contributed by atoms with van der Waals surface area (Å²) in [5, 5.41) is 2.06. The molecule has 1 aromatic carbocycles. The van der Waals surface area contributed by atoms with Gasteiger partial charge in [0.05, 0.1) is 12.6 Å². The summed E-state index contributed by atoms with van der Waals surface area (Å²) in [6, 6.07) is 8.31. The van der Waals surface area contributed by atoms with Crippen LogP contribution in [0.1, 0.15) is 80.3 Å². The molecule has 1 aliphatic heterocycles. The zero-order valence-corrected chi connectivity index (χ0v) is 20.4. The second kappa shape index (κ2) is 11.3. The number of unbranched alkanes of at least 4 members (excludes halogenated alkanes) is 1. The molecule has 33 heavy (non-hydrogen) atoms. The quantitative estimate of drug-likeness (QED) is 0.454. The lowest BCUT2D eigenvalue weighted by Crippen LogP contribution is -2.47. The van der Waals surface area contributed by atoms with Crippen LogP contribution in [0.2, 0.25) is 0 Å². The van der Waals surface area contributed by atoms with Crippen molar-refractivity contribution in [1.82, 2.24) is 9.80 Å². The van der Waals surface area contributed by atoms with E-state index in [1.165, 1.54) is 42.7 Å². The molecule has 1 atom stereocenters. The fraction of sp³-hybridized carbons (Fsp3) is 0.556. The number of hydrogen-bond acceptors (Lipinski definition) is 3. The van der Waals surface area contributed by atoms with Crippen LogP contribution in [0.25, 0.3) is 0 Å². The molecule has 1 saturated carbocycles. The summed E-state index contributed by atoms with van der Waals surface area (Å²) in [4.78, 5) is 31.6. The van der Waals surface area contributed by atoms with E-state index in [9.17, 15) is 14.0 Å². The number of benzene rings is 1. The molecule has 4 rings (SSSR count). The van der Waals surface area contributed by atoms with E-state index in [-0.39, 0.29) is 30.2 Å². The summed E-state index contributed by atoms with van der Waals surface area (Å²) in [5.74, 6) is 0.470. The lowest BCUT2D eigenvalue weighted by Gasteiger charge is -2.37. The highest BCUT2D eigenvalue weighted by atomic mass is 32.1. The number of thiophene rings is 1. The van der Waals surface area contributed by atoms with Crippen molar-refractivity contribution in [3.8, 4) is 0 Å². The Morgan fingerprint density at radius 2 is 1.91 bits per heavy atom. The van der Waals surface area contributed by atoms with Crippen LogP contribution >= 0.6 is 11.3 Å². The number of hydrogen-bond donors (Lipinski definition) is 0. The molecule has 1 aliphatic carbocycles. The summed E-state index contributed by atoms with van der Waals surface area (Å²) in [6.07, 6.45) is 9.21. The van der Waals surface area contributed by atoms with Crippen molar-refractivity contribution in [3.63, 3.8) is 0 Å². The Balaban J connectivity index is 1.49. The molecular formula is C27H35FN2O2S. The van der Waals surface area contributed by atoms with Crippen molar-refractivity contribution in [2.75, 3.05) is 19.6 Å². The molecule has 2 aromatic rings. The van der Waals surface area contributed by atoms with Gasteiger partial charge >= 0.3 is 0 Å². The predicted molar refractivity (Wildman–Crippen MR) is 131 cm³/mol. The Labute approximate surface area is 200 Å². The molecule has 0 radical (unpaired) electrons. The first-order chi connectivity index (χ1) is 16.1. The fourth-order valence-corrected chi connectivity index (χ4v) is 6.17. The van der Waals surface area contributed by atoms with Gasteiger partial charge in [-0.2, -0.15) is 0 Å². The van der Waals surface area contributed by atoms with E-state index >= 15 is 0 Å². The Morgan fingerprint density at radius 3 is 2.64 bits per heavy atom. The van der Waals surface area contributed by atoms with Crippen molar-refractivity contribution in [2.45, 2.75) is 70.8 Å². The van der Waals surface area contributed by atoms with Gasteiger partial charge in [-0.3, -0.25) is 9.59 Å². The highest BCUT2D eigenvalue weighted by Gasteiger charge is 2.34. The summed E-state index contributed by atoms with van der Waals surface area (Å²) in [5.41, 5.74) is 2.04.